The first-order valence-electron chi connectivity index (χ1n) is 21.5. The maximum absolute atomic E-state index is 12.5. The number of carbonyl (C=O) groups excluding carboxylic acids is 1. The van der Waals surface area contributed by atoms with Gasteiger partial charge < -0.3 is 20.1 Å². The highest BCUT2D eigenvalue weighted by molar-refractivity contribution is 7.47. The summed E-state index contributed by atoms with van der Waals surface area (Å²) in [6.07, 6.45) is 45.9. The van der Waals surface area contributed by atoms with Crippen LogP contribution in [-0.2, 0) is 27.9 Å². The van der Waals surface area contributed by atoms with Crippen molar-refractivity contribution in [3.63, 3.8) is 0 Å². The summed E-state index contributed by atoms with van der Waals surface area (Å²) in [5.41, 5.74) is 5.36. The maximum Gasteiger partial charge on any atom is 0.472 e. The number of carbonyl (C=O) groups is 1. The molecule has 52 heavy (non-hydrogen) atoms. The Hall–Kier alpha value is -1.28. The molecule has 8 nitrogen and oxygen atoms in total. The highest BCUT2D eigenvalue weighted by atomic mass is 31.2. The van der Waals surface area contributed by atoms with E-state index in [1.165, 1.54) is 109 Å². The summed E-state index contributed by atoms with van der Waals surface area (Å²) in [5.74, 6) is -0.345. The molecule has 0 aliphatic rings. The van der Waals surface area contributed by atoms with Crippen LogP contribution in [0.1, 0.15) is 194 Å². The number of allylic oxidation sites excluding steroid dienone is 6. The Kier molecular flexibility index (Phi) is 39.9. The number of hydrogen-bond acceptors (Lipinski definition) is 7. The Balaban J connectivity index is 4.00. The highest BCUT2D eigenvalue weighted by Gasteiger charge is 2.25. The fourth-order valence-corrected chi connectivity index (χ4v) is 6.62. The number of esters is 1. The molecular formula is C43H82NO7P. The van der Waals surface area contributed by atoms with Gasteiger partial charge in [0.1, 0.15) is 6.10 Å². The molecule has 0 rings (SSSR count). The average molecular weight is 756 g/mol. The van der Waals surface area contributed by atoms with E-state index < -0.39 is 13.9 Å². The van der Waals surface area contributed by atoms with Crippen LogP contribution in [0.15, 0.2) is 36.5 Å². The van der Waals surface area contributed by atoms with E-state index >= 15 is 0 Å². The van der Waals surface area contributed by atoms with Crippen LogP contribution in [0.5, 0.6) is 0 Å². The van der Waals surface area contributed by atoms with E-state index in [-0.39, 0.29) is 32.3 Å². The minimum absolute atomic E-state index is 0.0976. The number of hydrogen-bond donors (Lipinski definition) is 2. The van der Waals surface area contributed by atoms with Gasteiger partial charge in [-0.15, -0.1) is 0 Å². The largest absolute Gasteiger partial charge is 0.472 e. The predicted molar refractivity (Wildman–Crippen MR) is 220 cm³/mol. The first-order chi connectivity index (χ1) is 25.4. The molecule has 9 heteroatoms. The van der Waals surface area contributed by atoms with Crippen LogP contribution in [-0.4, -0.2) is 49.9 Å². The molecule has 0 fully saturated rings. The van der Waals surface area contributed by atoms with Crippen LogP contribution in [0.3, 0.4) is 0 Å². The zero-order valence-corrected chi connectivity index (χ0v) is 34.7. The molecule has 2 unspecified atom stereocenters. The van der Waals surface area contributed by atoms with E-state index in [9.17, 15) is 14.3 Å². The maximum atomic E-state index is 12.5. The van der Waals surface area contributed by atoms with Crippen LogP contribution >= 0.6 is 7.82 Å². The Morgan fingerprint density at radius 3 is 1.60 bits per heavy atom. The molecule has 0 aromatic carbocycles. The molecule has 0 aliphatic heterocycles. The third kappa shape index (κ3) is 39.9. The van der Waals surface area contributed by atoms with Gasteiger partial charge in [0.2, 0.25) is 0 Å². The fraction of sp³-hybridized carbons (Fsp3) is 0.837. The summed E-state index contributed by atoms with van der Waals surface area (Å²) in [5, 5.41) is 0. The SMILES string of the molecule is CCC/C=C\C/C=C\CCCCCCCC(=O)OC(COCCCCCCCCCCCC/C=C\CCCCCCCC)COP(=O)(O)OCCN. The Morgan fingerprint density at radius 2 is 1.06 bits per heavy atom. The summed E-state index contributed by atoms with van der Waals surface area (Å²) in [6.45, 7) is 4.84. The fourth-order valence-electron chi connectivity index (χ4n) is 5.85. The summed E-state index contributed by atoms with van der Waals surface area (Å²) in [6, 6.07) is 0. The molecule has 0 spiro atoms. The van der Waals surface area contributed by atoms with Crippen molar-refractivity contribution in [3.05, 3.63) is 36.5 Å². The van der Waals surface area contributed by atoms with Crippen molar-refractivity contribution in [2.24, 2.45) is 5.73 Å². The van der Waals surface area contributed by atoms with Crippen molar-refractivity contribution in [3.8, 4) is 0 Å². The van der Waals surface area contributed by atoms with Gasteiger partial charge in [-0.3, -0.25) is 13.8 Å². The molecule has 2 atom stereocenters. The van der Waals surface area contributed by atoms with Gasteiger partial charge in [-0.1, -0.05) is 159 Å². The van der Waals surface area contributed by atoms with Gasteiger partial charge >= 0.3 is 13.8 Å². The predicted octanol–water partition coefficient (Wildman–Crippen LogP) is 12.6. The lowest BCUT2D eigenvalue weighted by Gasteiger charge is -2.20. The Morgan fingerprint density at radius 1 is 0.577 bits per heavy atom. The molecule has 0 saturated heterocycles. The monoisotopic (exact) mass is 756 g/mol. The summed E-state index contributed by atoms with van der Waals surface area (Å²) in [7, 11) is -4.28. The van der Waals surface area contributed by atoms with Crippen molar-refractivity contribution >= 4 is 13.8 Å². The van der Waals surface area contributed by atoms with Crippen LogP contribution in [0.25, 0.3) is 0 Å². The van der Waals surface area contributed by atoms with Crippen LogP contribution in [0.4, 0.5) is 0 Å². The van der Waals surface area contributed by atoms with E-state index in [2.05, 4.69) is 50.3 Å². The van der Waals surface area contributed by atoms with Gasteiger partial charge in [0.25, 0.3) is 0 Å². The first kappa shape index (κ1) is 50.7. The standard InChI is InChI=1S/C43H82NO7P/c1-3-5-7-9-11-13-15-17-18-19-20-21-22-23-25-27-29-31-33-35-38-48-40-42(41-50-52(46,47)49-39-37-44)51-43(45)36-34-32-30-28-26-24-16-14-12-10-8-6-4-2/h8,10,14,16-18,42H,3-7,9,11-13,15,19-41,44H2,1-2H3,(H,46,47)/b10-8-,16-14-,18-17-. The molecule has 306 valence electrons. The smallest absolute Gasteiger partial charge is 0.457 e. The van der Waals surface area contributed by atoms with E-state index in [0.717, 1.165) is 64.2 Å². The van der Waals surface area contributed by atoms with Crippen molar-refractivity contribution < 1.29 is 32.8 Å². The molecule has 0 bridgehead atoms. The Bertz CT molecular complexity index is 895. The van der Waals surface area contributed by atoms with E-state index in [1.54, 1.807) is 0 Å². The highest BCUT2D eigenvalue weighted by Crippen LogP contribution is 2.43. The summed E-state index contributed by atoms with van der Waals surface area (Å²) in [4.78, 5) is 22.4. The minimum Gasteiger partial charge on any atom is -0.457 e. The zero-order chi connectivity index (χ0) is 38.1. The lowest BCUT2D eigenvalue weighted by Crippen LogP contribution is -2.28. The lowest BCUT2D eigenvalue weighted by molar-refractivity contribution is -0.154. The molecule has 0 radical (unpaired) electrons. The number of ether oxygens (including phenoxy) is 2. The minimum atomic E-state index is -4.28. The van der Waals surface area contributed by atoms with E-state index in [0.29, 0.717) is 13.0 Å². The van der Waals surface area contributed by atoms with E-state index in [4.69, 9.17) is 24.3 Å². The number of phosphoric ester groups is 1. The Labute approximate surface area is 320 Å². The number of unbranched alkanes of at least 4 members (excludes halogenated alkanes) is 22. The molecule has 0 saturated carbocycles. The number of phosphoric acid groups is 1. The molecule has 0 aliphatic carbocycles. The molecule has 3 N–H and O–H groups in total. The van der Waals surface area contributed by atoms with Crippen molar-refractivity contribution in [1.82, 2.24) is 0 Å². The third-order valence-electron chi connectivity index (χ3n) is 9.01. The first-order valence-corrected chi connectivity index (χ1v) is 23.0. The van der Waals surface area contributed by atoms with Gasteiger partial charge in [0.05, 0.1) is 19.8 Å². The second-order valence-electron chi connectivity index (χ2n) is 14.2. The quantitative estimate of drug-likeness (QED) is 0.0274. The third-order valence-corrected chi connectivity index (χ3v) is 9.99. The topological polar surface area (TPSA) is 117 Å². The van der Waals surface area contributed by atoms with Gasteiger partial charge in [0, 0.05) is 19.6 Å². The van der Waals surface area contributed by atoms with Crippen LogP contribution in [0, 0.1) is 0 Å². The van der Waals surface area contributed by atoms with Gasteiger partial charge in [-0.25, -0.2) is 4.57 Å². The normalized spacial score (nSPS) is 13.8. The summed E-state index contributed by atoms with van der Waals surface area (Å²) >= 11 is 0. The molecular weight excluding hydrogens is 673 g/mol. The van der Waals surface area contributed by atoms with Crippen molar-refractivity contribution in [2.75, 3.05) is 33.0 Å². The average Bonchev–Trinajstić information content (AvgIpc) is 3.13. The van der Waals surface area contributed by atoms with Crippen molar-refractivity contribution in [2.45, 2.75) is 200 Å². The van der Waals surface area contributed by atoms with E-state index in [1.807, 2.05) is 0 Å². The molecule has 0 heterocycles. The number of nitrogens with two attached hydrogens (primary N) is 1. The number of rotatable bonds is 41. The van der Waals surface area contributed by atoms with Gasteiger partial charge in [0.15, 0.2) is 0 Å². The van der Waals surface area contributed by atoms with Crippen LogP contribution < -0.4 is 5.73 Å². The molecule has 0 aromatic heterocycles. The molecule has 0 aromatic rings. The van der Waals surface area contributed by atoms with Gasteiger partial charge in [-0.2, -0.15) is 0 Å². The lowest BCUT2D eigenvalue weighted by atomic mass is 10.1. The van der Waals surface area contributed by atoms with Crippen molar-refractivity contribution in [1.29, 1.82) is 0 Å². The second kappa shape index (κ2) is 40.9. The molecule has 0 amide bonds. The summed E-state index contributed by atoms with van der Waals surface area (Å²) < 4.78 is 33.4. The van der Waals surface area contributed by atoms with Gasteiger partial charge in [-0.05, 0) is 64.2 Å². The second-order valence-corrected chi connectivity index (χ2v) is 15.7. The zero-order valence-electron chi connectivity index (χ0n) is 33.8. The van der Waals surface area contributed by atoms with Crippen LogP contribution in [0.2, 0.25) is 0 Å².